The molecule has 2 atom stereocenters. The van der Waals surface area contributed by atoms with E-state index in [1.54, 1.807) is 0 Å². The average molecular weight is 270 g/mol. The van der Waals surface area contributed by atoms with Crippen LogP contribution < -0.4 is 10.6 Å². The van der Waals surface area contributed by atoms with E-state index >= 15 is 0 Å². The van der Waals surface area contributed by atoms with Gasteiger partial charge in [-0.3, -0.25) is 0 Å². The van der Waals surface area contributed by atoms with Crippen LogP contribution in [0, 0.1) is 5.92 Å². The molecule has 1 saturated heterocycles. The van der Waals surface area contributed by atoms with Crippen LogP contribution in [-0.2, 0) is 4.74 Å². The lowest BCUT2D eigenvalue weighted by atomic mass is 10.0. The third kappa shape index (κ3) is 9.42. The van der Waals surface area contributed by atoms with Gasteiger partial charge in [0.1, 0.15) is 0 Å². The van der Waals surface area contributed by atoms with Crippen LogP contribution >= 0.6 is 0 Å². The Labute approximate surface area is 119 Å². The summed E-state index contributed by atoms with van der Waals surface area (Å²) in [6.07, 6.45) is 7.89. The third-order valence-corrected chi connectivity index (χ3v) is 3.88. The topological polar surface area (TPSA) is 33.3 Å². The maximum Gasteiger partial charge on any atom is 0.0591 e. The van der Waals surface area contributed by atoms with E-state index in [-0.39, 0.29) is 0 Å². The van der Waals surface area contributed by atoms with Crippen molar-refractivity contribution >= 4 is 0 Å². The molecule has 1 aliphatic heterocycles. The zero-order valence-corrected chi connectivity index (χ0v) is 13.2. The van der Waals surface area contributed by atoms with Gasteiger partial charge in [0.15, 0.2) is 0 Å². The van der Waals surface area contributed by atoms with E-state index in [0.717, 1.165) is 25.7 Å². The normalized spacial score (nSPS) is 22.4. The standard InChI is InChI=1S/C16H34N2O/c1-14(2)8-11-19-12-10-17-15(3)13-16-7-5-4-6-9-18-16/h14-18H,4-13H2,1-3H3. The molecule has 0 bridgehead atoms. The van der Waals surface area contributed by atoms with Crippen LogP contribution in [0.4, 0.5) is 0 Å². The number of rotatable bonds is 9. The molecule has 0 saturated carbocycles. The first-order chi connectivity index (χ1) is 9.18. The molecular formula is C16H34N2O. The maximum atomic E-state index is 5.63. The van der Waals surface area contributed by atoms with Gasteiger partial charge in [-0.25, -0.2) is 0 Å². The summed E-state index contributed by atoms with van der Waals surface area (Å²) < 4.78 is 5.63. The first kappa shape index (κ1) is 16.9. The highest BCUT2D eigenvalue weighted by Crippen LogP contribution is 2.12. The van der Waals surface area contributed by atoms with Crippen LogP contribution in [0.1, 0.15) is 59.3 Å². The van der Waals surface area contributed by atoms with Gasteiger partial charge in [-0.05, 0) is 45.1 Å². The molecule has 1 fully saturated rings. The molecule has 1 heterocycles. The van der Waals surface area contributed by atoms with Gasteiger partial charge in [-0.15, -0.1) is 0 Å². The van der Waals surface area contributed by atoms with Gasteiger partial charge in [-0.1, -0.05) is 26.7 Å². The van der Waals surface area contributed by atoms with E-state index in [2.05, 4.69) is 31.4 Å². The minimum absolute atomic E-state index is 0.587. The molecule has 0 aromatic heterocycles. The third-order valence-electron chi connectivity index (χ3n) is 3.88. The van der Waals surface area contributed by atoms with E-state index in [1.807, 2.05) is 0 Å². The van der Waals surface area contributed by atoms with E-state index in [4.69, 9.17) is 4.74 Å². The van der Waals surface area contributed by atoms with Gasteiger partial charge < -0.3 is 15.4 Å². The molecule has 0 aromatic carbocycles. The molecule has 3 nitrogen and oxygen atoms in total. The highest BCUT2D eigenvalue weighted by molar-refractivity contribution is 4.75. The van der Waals surface area contributed by atoms with E-state index in [0.29, 0.717) is 12.1 Å². The van der Waals surface area contributed by atoms with Crippen LogP contribution in [0.2, 0.25) is 0 Å². The fourth-order valence-corrected chi connectivity index (χ4v) is 2.61. The van der Waals surface area contributed by atoms with Crippen LogP contribution in [-0.4, -0.2) is 38.4 Å². The smallest absolute Gasteiger partial charge is 0.0591 e. The Kier molecular flexibility index (Phi) is 9.48. The molecule has 19 heavy (non-hydrogen) atoms. The van der Waals surface area contributed by atoms with Gasteiger partial charge >= 0.3 is 0 Å². The molecule has 2 N–H and O–H groups in total. The summed E-state index contributed by atoms with van der Waals surface area (Å²) in [4.78, 5) is 0. The lowest BCUT2D eigenvalue weighted by molar-refractivity contribution is 0.123. The minimum Gasteiger partial charge on any atom is -0.380 e. The molecule has 0 amide bonds. The SMILES string of the molecule is CC(C)CCOCCNC(C)CC1CCCCCN1. The summed E-state index contributed by atoms with van der Waals surface area (Å²) in [7, 11) is 0. The van der Waals surface area contributed by atoms with Crippen LogP contribution in [0.3, 0.4) is 0 Å². The molecule has 2 unspecified atom stereocenters. The average Bonchev–Trinajstić information content (AvgIpc) is 2.62. The van der Waals surface area contributed by atoms with Crippen molar-refractivity contribution in [3.63, 3.8) is 0 Å². The van der Waals surface area contributed by atoms with Gasteiger partial charge in [0.25, 0.3) is 0 Å². The van der Waals surface area contributed by atoms with Crippen molar-refractivity contribution in [1.29, 1.82) is 0 Å². The van der Waals surface area contributed by atoms with Crippen molar-refractivity contribution in [3.8, 4) is 0 Å². The summed E-state index contributed by atoms with van der Waals surface area (Å²) in [6, 6.07) is 1.30. The zero-order valence-electron chi connectivity index (χ0n) is 13.2. The highest BCUT2D eigenvalue weighted by Gasteiger charge is 2.14. The molecule has 114 valence electrons. The fourth-order valence-electron chi connectivity index (χ4n) is 2.61. The second kappa shape index (κ2) is 10.6. The minimum atomic E-state index is 0.587. The number of ether oxygens (including phenoxy) is 1. The summed E-state index contributed by atoms with van der Waals surface area (Å²) in [5, 5.41) is 7.24. The lowest BCUT2D eigenvalue weighted by Crippen LogP contribution is -2.38. The molecule has 0 aliphatic carbocycles. The van der Waals surface area contributed by atoms with E-state index < -0.39 is 0 Å². The molecule has 1 aliphatic rings. The quantitative estimate of drug-likeness (QED) is 0.632. The summed E-state index contributed by atoms with van der Waals surface area (Å²) in [5.74, 6) is 0.744. The Morgan fingerprint density at radius 2 is 2.00 bits per heavy atom. The van der Waals surface area contributed by atoms with Crippen LogP contribution in [0.5, 0.6) is 0 Å². The second-order valence-corrected chi connectivity index (χ2v) is 6.39. The molecule has 0 radical (unpaired) electrons. The van der Waals surface area contributed by atoms with Crippen molar-refractivity contribution in [2.75, 3.05) is 26.3 Å². The number of hydrogen-bond acceptors (Lipinski definition) is 3. The Morgan fingerprint density at radius 3 is 2.79 bits per heavy atom. The van der Waals surface area contributed by atoms with Gasteiger partial charge in [-0.2, -0.15) is 0 Å². The predicted molar refractivity (Wildman–Crippen MR) is 82.6 cm³/mol. The van der Waals surface area contributed by atoms with Gasteiger partial charge in [0.05, 0.1) is 6.61 Å². The van der Waals surface area contributed by atoms with Crippen molar-refractivity contribution in [2.45, 2.75) is 71.4 Å². The van der Waals surface area contributed by atoms with E-state index in [9.17, 15) is 0 Å². The molecule has 0 spiro atoms. The largest absolute Gasteiger partial charge is 0.380 e. The Hall–Kier alpha value is -0.120. The Balaban J connectivity index is 1.96. The van der Waals surface area contributed by atoms with Crippen molar-refractivity contribution in [3.05, 3.63) is 0 Å². The van der Waals surface area contributed by atoms with Crippen molar-refractivity contribution in [1.82, 2.24) is 10.6 Å². The highest BCUT2D eigenvalue weighted by atomic mass is 16.5. The fraction of sp³-hybridized carbons (Fsp3) is 1.00. The Bertz CT molecular complexity index is 201. The summed E-state index contributed by atoms with van der Waals surface area (Å²) in [6.45, 7) is 10.7. The van der Waals surface area contributed by atoms with Crippen LogP contribution in [0.15, 0.2) is 0 Å². The summed E-state index contributed by atoms with van der Waals surface area (Å²) in [5.41, 5.74) is 0. The lowest BCUT2D eigenvalue weighted by Gasteiger charge is -2.21. The van der Waals surface area contributed by atoms with Crippen molar-refractivity contribution < 1.29 is 4.74 Å². The van der Waals surface area contributed by atoms with E-state index in [1.165, 1.54) is 45.1 Å². The molecular weight excluding hydrogens is 236 g/mol. The van der Waals surface area contributed by atoms with Crippen molar-refractivity contribution in [2.24, 2.45) is 5.92 Å². The molecule has 0 aromatic rings. The van der Waals surface area contributed by atoms with Gasteiger partial charge in [0.2, 0.25) is 0 Å². The first-order valence-corrected chi connectivity index (χ1v) is 8.23. The maximum absolute atomic E-state index is 5.63. The number of nitrogens with one attached hydrogen (secondary N) is 2. The Morgan fingerprint density at radius 1 is 1.16 bits per heavy atom. The second-order valence-electron chi connectivity index (χ2n) is 6.39. The van der Waals surface area contributed by atoms with Crippen LogP contribution in [0.25, 0.3) is 0 Å². The molecule has 3 heteroatoms. The molecule has 1 rings (SSSR count). The number of hydrogen-bond donors (Lipinski definition) is 2. The predicted octanol–water partition coefficient (Wildman–Crippen LogP) is 2.95. The van der Waals surface area contributed by atoms with Gasteiger partial charge in [0, 0.05) is 25.2 Å². The summed E-state index contributed by atoms with van der Waals surface area (Å²) >= 11 is 0. The monoisotopic (exact) mass is 270 g/mol. The zero-order chi connectivity index (χ0) is 13.9. The first-order valence-electron chi connectivity index (χ1n) is 8.23.